The zero-order chi connectivity index (χ0) is 21.5. The summed E-state index contributed by atoms with van der Waals surface area (Å²) in [6.45, 7) is 6.03. The number of hydrogen-bond acceptors (Lipinski definition) is 6. The molecule has 0 unspecified atom stereocenters. The molecule has 3 rings (SSSR count). The SMILES string of the molecule is CCOc1cccc2sc(N(CCN(C)C)C(=O)CCSc3ccc(C)cc3)nc12. The number of aryl methyl sites for hydroxylation is 1. The standard InChI is InChI=1S/C23H29N3O2S2/c1-5-28-19-7-6-8-20-22(19)24-23(30-20)26(15-14-25(3)4)21(27)13-16-29-18-11-9-17(2)10-12-18/h6-12H,5,13-16H2,1-4H3. The van der Waals surface area contributed by atoms with E-state index in [1.54, 1.807) is 23.1 Å². The number of thioether (sulfide) groups is 1. The van der Waals surface area contributed by atoms with Gasteiger partial charge in [0.2, 0.25) is 5.91 Å². The van der Waals surface area contributed by atoms with E-state index >= 15 is 0 Å². The number of carbonyl (C=O) groups excluding carboxylic acids is 1. The van der Waals surface area contributed by atoms with Crippen molar-refractivity contribution in [2.75, 3.05) is 44.4 Å². The molecule has 0 aliphatic rings. The van der Waals surface area contributed by atoms with Crippen molar-refractivity contribution in [3.63, 3.8) is 0 Å². The second-order valence-corrected chi connectivity index (χ2v) is 9.47. The molecule has 0 saturated carbocycles. The number of nitrogens with zero attached hydrogens (tertiary/aromatic N) is 3. The molecule has 0 spiro atoms. The van der Waals surface area contributed by atoms with Gasteiger partial charge >= 0.3 is 0 Å². The number of aromatic nitrogens is 1. The zero-order valence-corrected chi connectivity index (χ0v) is 19.7. The fourth-order valence-electron chi connectivity index (χ4n) is 2.95. The van der Waals surface area contributed by atoms with Crippen LogP contribution in [0.2, 0.25) is 0 Å². The molecule has 2 aromatic carbocycles. The van der Waals surface area contributed by atoms with Crippen molar-refractivity contribution in [2.24, 2.45) is 0 Å². The minimum Gasteiger partial charge on any atom is -0.492 e. The highest BCUT2D eigenvalue weighted by Crippen LogP contribution is 2.34. The number of benzene rings is 2. The van der Waals surface area contributed by atoms with Crippen LogP contribution in [0.15, 0.2) is 47.4 Å². The molecule has 0 atom stereocenters. The number of thiazole rings is 1. The lowest BCUT2D eigenvalue weighted by molar-refractivity contribution is -0.118. The average molecular weight is 444 g/mol. The number of carbonyl (C=O) groups is 1. The Hall–Kier alpha value is -2.09. The first-order valence-corrected chi connectivity index (χ1v) is 11.9. The van der Waals surface area contributed by atoms with Gasteiger partial charge in [0.15, 0.2) is 5.13 Å². The molecule has 7 heteroatoms. The molecule has 1 heterocycles. The van der Waals surface area contributed by atoms with E-state index in [9.17, 15) is 4.79 Å². The van der Waals surface area contributed by atoms with Gasteiger partial charge in [-0.25, -0.2) is 4.98 Å². The molecule has 5 nitrogen and oxygen atoms in total. The van der Waals surface area contributed by atoms with Crippen LogP contribution in [-0.4, -0.2) is 55.3 Å². The van der Waals surface area contributed by atoms with Crippen LogP contribution in [0.25, 0.3) is 10.2 Å². The summed E-state index contributed by atoms with van der Waals surface area (Å²) < 4.78 is 6.76. The predicted octanol–water partition coefficient (Wildman–Crippen LogP) is 5.08. The van der Waals surface area contributed by atoms with Crippen LogP contribution in [0.3, 0.4) is 0 Å². The van der Waals surface area contributed by atoms with E-state index in [0.29, 0.717) is 19.6 Å². The van der Waals surface area contributed by atoms with Crippen molar-refractivity contribution < 1.29 is 9.53 Å². The van der Waals surface area contributed by atoms with Crippen LogP contribution < -0.4 is 9.64 Å². The molecular weight excluding hydrogens is 414 g/mol. The van der Waals surface area contributed by atoms with Crippen molar-refractivity contribution in [3.8, 4) is 5.75 Å². The van der Waals surface area contributed by atoms with Gasteiger partial charge < -0.3 is 9.64 Å². The largest absolute Gasteiger partial charge is 0.492 e. The van der Waals surface area contributed by atoms with E-state index in [2.05, 4.69) is 36.1 Å². The Morgan fingerprint density at radius 3 is 2.60 bits per heavy atom. The number of hydrogen-bond donors (Lipinski definition) is 0. The highest BCUT2D eigenvalue weighted by molar-refractivity contribution is 7.99. The Labute approximate surface area is 187 Å². The van der Waals surface area contributed by atoms with Crippen LogP contribution in [-0.2, 0) is 4.79 Å². The van der Waals surface area contributed by atoms with Crippen LogP contribution >= 0.6 is 23.1 Å². The van der Waals surface area contributed by atoms with Crippen molar-refractivity contribution in [1.29, 1.82) is 0 Å². The van der Waals surface area contributed by atoms with E-state index in [1.807, 2.05) is 44.1 Å². The van der Waals surface area contributed by atoms with Crippen LogP contribution in [0.5, 0.6) is 5.75 Å². The summed E-state index contributed by atoms with van der Waals surface area (Å²) in [4.78, 5) is 23.0. The Morgan fingerprint density at radius 1 is 1.13 bits per heavy atom. The maximum atomic E-state index is 13.1. The predicted molar refractivity (Wildman–Crippen MR) is 128 cm³/mol. The number of fused-ring (bicyclic) bond motifs is 1. The fraction of sp³-hybridized carbons (Fsp3) is 0.391. The molecule has 0 saturated heterocycles. The molecule has 3 aromatic rings. The highest BCUT2D eigenvalue weighted by Gasteiger charge is 2.21. The molecule has 1 amide bonds. The second kappa shape index (κ2) is 10.8. The van der Waals surface area contributed by atoms with Gasteiger partial charge in [0, 0.05) is 30.2 Å². The highest BCUT2D eigenvalue weighted by atomic mass is 32.2. The molecule has 1 aromatic heterocycles. The Balaban J connectivity index is 1.74. The van der Waals surface area contributed by atoms with Crippen molar-refractivity contribution >= 4 is 44.4 Å². The van der Waals surface area contributed by atoms with Gasteiger partial charge in [-0.05, 0) is 52.2 Å². The quantitative estimate of drug-likeness (QED) is 0.409. The molecule has 160 valence electrons. The summed E-state index contributed by atoms with van der Waals surface area (Å²) in [6.07, 6.45) is 0.472. The Bertz CT molecular complexity index is 970. The topological polar surface area (TPSA) is 45.7 Å². The molecule has 0 aliphatic heterocycles. The molecule has 0 bridgehead atoms. The van der Waals surface area contributed by atoms with E-state index in [1.165, 1.54) is 10.5 Å². The number of rotatable bonds is 10. The lowest BCUT2D eigenvalue weighted by Crippen LogP contribution is -2.36. The molecule has 0 aliphatic carbocycles. The molecule has 0 fully saturated rings. The first-order valence-electron chi connectivity index (χ1n) is 10.1. The molecule has 0 radical (unpaired) electrons. The minimum atomic E-state index is 0.105. The van der Waals surface area contributed by atoms with Crippen molar-refractivity contribution in [1.82, 2.24) is 9.88 Å². The lowest BCUT2D eigenvalue weighted by atomic mass is 10.2. The van der Waals surface area contributed by atoms with Gasteiger partial charge in [-0.15, -0.1) is 11.8 Å². The van der Waals surface area contributed by atoms with Crippen LogP contribution in [0, 0.1) is 6.92 Å². The van der Waals surface area contributed by atoms with Crippen LogP contribution in [0.1, 0.15) is 18.9 Å². The van der Waals surface area contributed by atoms with Crippen molar-refractivity contribution in [3.05, 3.63) is 48.0 Å². The van der Waals surface area contributed by atoms with Gasteiger partial charge in [-0.1, -0.05) is 35.1 Å². The minimum absolute atomic E-state index is 0.105. The van der Waals surface area contributed by atoms with Gasteiger partial charge in [-0.2, -0.15) is 0 Å². The van der Waals surface area contributed by atoms with Crippen molar-refractivity contribution in [2.45, 2.75) is 25.2 Å². The molecular formula is C23H29N3O2S2. The number of ether oxygens (including phenoxy) is 1. The monoisotopic (exact) mass is 443 g/mol. The maximum Gasteiger partial charge on any atom is 0.229 e. The number of anilines is 1. The van der Waals surface area contributed by atoms with Gasteiger partial charge in [0.25, 0.3) is 0 Å². The Kier molecular flexibility index (Phi) is 8.13. The van der Waals surface area contributed by atoms with Gasteiger partial charge in [0.05, 0.1) is 11.3 Å². The second-order valence-electron chi connectivity index (χ2n) is 7.29. The summed E-state index contributed by atoms with van der Waals surface area (Å²) >= 11 is 3.26. The average Bonchev–Trinajstić information content (AvgIpc) is 3.14. The van der Waals surface area contributed by atoms with E-state index in [4.69, 9.17) is 9.72 Å². The molecule has 0 N–H and O–H groups in total. The summed E-state index contributed by atoms with van der Waals surface area (Å²) in [5.74, 6) is 1.62. The third-order valence-electron chi connectivity index (χ3n) is 4.58. The first-order chi connectivity index (χ1) is 14.5. The third-order valence-corrected chi connectivity index (χ3v) is 6.64. The fourth-order valence-corrected chi connectivity index (χ4v) is 4.82. The normalized spacial score (nSPS) is 11.2. The van der Waals surface area contributed by atoms with Gasteiger partial charge in [-0.3, -0.25) is 9.69 Å². The third kappa shape index (κ3) is 5.97. The van der Waals surface area contributed by atoms with Crippen LogP contribution in [0.4, 0.5) is 5.13 Å². The maximum absolute atomic E-state index is 13.1. The van der Waals surface area contributed by atoms with Gasteiger partial charge in [0.1, 0.15) is 11.3 Å². The Morgan fingerprint density at radius 2 is 1.90 bits per heavy atom. The first kappa shape index (κ1) is 22.6. The van der Waals surface area contributed by atoms with E-state index < -0.39 is 0 Å². The number of amides is 1. The molecule has 30 heavy (non-hydrogen) atoms. The summed E-state index contributed by atoms with van der Waals surface area (Å²) in [5.41, 5.74) is 2.07. The van der Waals surface area contributed by atoms with E-state index in [-0.39, 0.29) is 5.91 Å². The lowest BCUT2D eigenvalue weighted by Gasteiger charge is -2.22. The zero-order valence-electron chi connectivity index (χ0n) is 18.1. The smallest absolute Gasteiger partial charge is 0.229 e. The number of para-hydroxylation sites is 1. The summed E-state index contributed by atoms with van der Waals surface area (Å²) in [6, 6.07) is 14.4. The summed E-state index contributed by atoms with van der Waals surface area (Å²) in [5, 5.41) is 0.740. The van der Waals surface area contributed by atoms with E-state index in [0.717, 1.165) is 33.4 Å². The summed E-state index contributed by atoms with van der Waals surface area (Å²) in [7, 11) is 4.03. The number of likely N-dealkylation sites (N-methyl/N-ethyl adjacent to an activating group) is 1.